The number of hydrogen-bond donors (Lipinski definition) is 1. The largest absolute Gasteiger partial charge is 0.377 e. The van der Waals surface area contributed by atoms with Crippen molar-refractivity contribution < 1.29 is 4.74 Å². The average molecular weight is 180 g/mol. The van der Waals surface area contributed by atoms with Gasteiger partial charge in [0.25, 0.3) is 0 Å². The molecule has 1 unspecified atom stereocenters. The minimum Gasteiger partial charge on any atom is -0.377 e. The molecule has 0 saturated heterocycles. The van der Waals surface area contributed by atoms with Crippen LogP contribution in [0.3, 0.4) is 0 Å². The van der Waals surface area contributed by atoms with Crippen molar-refractivity contribution in [3.05, 3.63) is 0 Å². The van der Waals surface area contributed by atoms with E-state index in [-0.39, 0.29) is 5.38 Å². The normalized spacial score (nSPS) is 13.9. The van der Waals surface area contributed by atoms with Crippen molar-refractivity contribution in [2.75, 3.05) is 19.7 Å². The summed E-state index contributed by atoms with van der Waals surface area (Å²) in [5.74, 6) is 0. The SMILES string of the molecule is CC(Cl)CNCCOC(C)C. The number of hydrogen-bond acceptors (Lipinski definition) is 2. The molecule has 0 radical (unpaired) electrons. The summed E-state index contributed by atoms with van der Waals surface area (Å²) in [5.41, 5.74) is 0. The maximum absolute atomic E-state index is 5.72. The lowest BCUT2D eigenvalue weighted by molar-refractivity contribution is 0.0810. The fourth-order valence-corrected chi connectivity index (χ4v) is 0.777. The molecule has 68 valence electrons. The molecule has 0 aliphatic heterocycles. The van der Waals surface area contributed by atoms with Crippen LogP contribution in [0.2, 0.25) is 0 Å². The Morgan fingerprint density at radius 1 is 1.36 bits per heavy atom. The third-order valence-electron chi connectivity index (χ3n) is 1.16. The summed E-state index contributed by atoms with van der Waals surface area (Å²) in [4.78, 5) is 0. The molecule has 11 heavy (non-hydrogen) atoms. The molecular formula is C8H18ClNO. The van der Waals surface area contributed by atoms with E-state index in [0.717, 1.165) is 19.7 Å². The Bertz CT molecular complexity index is 76.2. The Hall–Kier alpha value is 0.210. The fourth-order valence-electron chi connectivity index (χ4n) is 0.668. The number of rotatable bonds is 6. The third-order valence-corrected chi connectivity index (χ3v) is 1.31. The molecule has 3 heteroatoms. The van der Waals surface area contributed by atoms with E-state index in [2.05, 4.69) is 5.32 Å². The monoisotopic (exact) mass is 179 g/mol. The van der Waals surface area contributed by atoms with Crippen LogP contribution in [0.5, 0.6) is 0 Å². The molecule has 1 atom stereocenters. The first kappa shape index (κ1) is 11.2. The summed E-state index contributed by atoms with van der Waals surface area (Å²) in [6.07, 6.45) is 0.324. The summed E-state index contributed by atoms with van der Waals surface area (Å²) in [5, 5.41) is 3.39. The highest BCUT2D eigenvalue weighted by molar-refractivity contribution is 6.20. The zero-order valence-electron chi connectivity index (χ0n) is 7.56. The number of halogens is 1. The predicted octanol–water partition coefficient (Wildman–Crippen LogP) is 1.63. The van der Waals surface area contributed by atoms with E-state index in [1.165, 1.54) is 0 Å². The molecule has 2 nitrogen and oxygen atoms in total. The van der Waals surface area contributed by atoms with E-state index in [1.807, 2.05) is 20.8 Å². The second-order valence-corrected chi connectivity index (χ2v) is 3.65. The molecule has 0 aromatic carbocycles. The van der Waals surface area contributed by atoms with Crippen LogP contribution >= 0.6 is 11.6 Å². The lowest BCUT2D eigenvalue weighted by atomic mass is 10.4. The molecule has 0 aromatic heterocycles. The molecule has 0 fully saturated rings. The van der Waals surface area contributed by atoms with E-state index in [4.69, 9.17) is 16.3 Å². The highest BCUT2D eigenvalue weighted by Crippen LogP contribution is 1.89. The predicted molar refractivity (Wildman–Crippen MR) is 49.3 cm³/mol. The molecule has 0 spiro atoms. The van der Waals surface area contributed by atoms with Crippen LogP contribution in [0.1, 0.15) is 20.8 Å². The lowest BCUT2D eigenvalue weighted by Gasteiger charge is -2.08. The van der Waals surface area contributed by atoms with Gasteiger partial charge in [0.05, 0.1) is 12.7 Å². The van der Waals surface area contributed by atoms with Gasteiger partial charge in [0, 0.05) is 18.5 Å². The van der Waals surface area contributed by atoms with Crippen molar-refractivity contribution >= 4 is 11.6 Å². The van der Waals surface area contributed by atoms with E-state index in [1.54, 1.807) is 0 Å². The zero-order chi connectivity index (χ0) is 8.69. The topological polar surface area (TPSA) is 21.3 Å². The van der Waals surface area contributed by atoms with E-state index < -0.39 is 0 Å². The van der Waals surface area contributed by atoms with Crippen LogP contribution in [0.25, 0.3) is 0 Å². The minimum atomic E-state index is 0.203. The Balaban J connectivity index is 2.91. The van der Waals surface area contributed by atoms with Crippen molar-refractivity contribution in [1.29, 1.82) is 0 Å². The maximum Gasteiger partial charge on any atom is 0.0594 e. The van der Waals surface area contributed by atoms with Gasteiger partial charge in [-0.2, -0.15) is 0 Å². The van der Waals surface area contributed by atoms with Crippen LogP contribution in [0.15, 0.2) is 0 Å². The van der Waals surface area contributed by atoms with E-state index in [9.17, 15) is 0 Å². The summed E-state index contributed by atoms with van der Waals surface area (Å²) >= 11 is 5.72. The molecule has 0 aromatic rings. The van der Waals surface area contributed by atoms with Crippen molar-refractivity contribution in [3.8, 4) is 0 Å². The number of alkyl halides is 1. The molecule has 0 bridgehead atoms. The third kappa shape index (κ3) is 10.2. The molecule has 0 amide bonds. The second-order valence-electron chi connectivity index (χ2n) is 2.90. The van der Waals surface area contributed by atoms with Gasteiger partial charge >= 0.3 is 0 Å². The van der Waals surface area contributed by atoms with Gasteiger partial charge in [-0.3, -0.25) is 0 Å². The summed E-state index contributed by atoms with van der Waals surface area (Å²) < 4.78 is 5.32. The quantitative estimate of drug-likeness (QED) is 0.495. The van der Waals surface area contributed by atoms with Gasteiger partial charge < -0.3 is 10.1 Å². The highest BCUT2D eigenvalue weighted by Gasteiger charge is 1.95. The standard InChI is InChI=1S/C8H18ClNO/c1-7(2)11-5-4-10-6-8(3)9/h7-8,10H,4-6H2,1-3H3. The Labute approximate surface area is 74.3 Å². The van der Waals surface area contributed by atoms with E-state index in [0.29, 0.717) is 6.10 Å². The summed E-state index contributed by atoms with van der Waals surface area (Å²) in [6, 6.07) is 0. The van der Waals surface area contributed by atoms with Crippen molar-refractivity contribution in [1.82, 2.24) is 5.32 Å². The van der Waals surface area contributed by atoms with Gasteiger partial charge in [-0.15, -0.1) is 11.6 Å². The number of nitrogens with one attached hydrogen (secondary N) is 1. The Morgan fingerprint density at radius 3 is 2.45 bits per heavy atom. The minimum absolute atomic E-state index is 0.203. The molecule has 1 N–H and O–H groups in total. The molecule has 0 rings (SSSR count). The van der Waals surface area contributed by atoms with Crippen LogP contribution in [0.4, 0.5) is 0 Å². The molecule has 0 saturated carbocycles. The van der Waals surface area contributed by atoms with Gasteiger partial charge in [-0.1, -0.05) is 0 Å². The van der Waals surface area contributed by atoms with Crippen molar-refractivity contribution in [2.45, 2.75) is 32.3 Å². The maximum atomic E-state index is 5.72. The molecule has 0 aliphatic rings. The summed E-state index contributed by atoms with van der Waals surface area (Å²) in [7, 11) is 0. The van der Waals surface area contributed by atoms with Crippen LogP contribution in [0, 0.1) is 0 Å². The second kappa shape index (κ2) is 6.89. The smallest absolute Gasteiger partial charge is 0.0594 e. The molecular weight excluding hydrogens is 162 g/mol. The first-order valence-corrected chi connectivity index (χ1v) is 4.53. The fraction of sp³-hybridized carbons (Fsp3) is 1.00. The van der Waals surface area contributed by atoms with Crippen LogP contribution < -0.4 is 5.32 Å². The average Bonchev–Trinajstić information content (AvgIpc) is 1.85. The van der Waals surface area contributed by atoms with Crippen molar-refractivity contribution in [2.24, 2.45) is 0 Å². The van der Waals surface area contributed by atoms with Gasteiger partial charge in [-0.05, 0) is 20.8 Å². The first-order chi connectivity index (χ1) is 5.13. The van der Waals surface area contributed by atoms with Crippen molar-refractivity contribution in [3.63, 3.8) is 0 Å². The zero-order valence-corrected chi connectivity index (χ0v) is 8.32. The lowest BCUT2D eigenvalue weighted by Crippen LogP contribution is -2.26. The Morgan fingerprint density at radius 2 is 2.00 bits per heavy atom. The van der Waals surface area contributed by atoms with Gasteiger partial charge in [0.1, 0.15) is 0 Å². The van der Waals surface area contributed by atoms with Crippen LogP contribution in [-0.2, 0) is 4.74 Å². The summed E-state index contributed by atoms with van der Waals surface area (Å²) in [6.45, 7) is 8.53. The molecule has 0 heterocycles. The first-order valence-electron chi connectivity index (χ1n) is 4.09. The van der Waals surface area contributed by atoms with Gasteiger partial charge in [-0.25, -0.2) is 0 Å². The Kier molecular flexibility index (Phi) is 7.02. The number of ether oxygens (including phenoxy) is 1. The highest BCUT2D eigenvalue weighted by atomic mass is 35.5. The van der Waals surface area contributed by atoms with E-state index >= 15 is 0 Å². The van der Waals surface area contributed by atoms with Crippen LogP contribution in [-0.4, -0.2) is 31.2 Å². The molecule has 0 aliphatic carbocycles. The van der Waals surface area contributed by atoms with Gasteiger partial charge in [0.2, 0.25) is 0 Å². The van der Waals surface area contributed by atoms with Gasteiger partial charge in [0.15, 0.2) is 0 Å².